The monoisotopic (exact) mass is 329 g/mol. The second kappa shape index (κ2) is 13.4. The molecule has 0 saturated carbocycles. The number of aliphatic carboxylic acids is 1. The summed E-state index contributed by atoms with van der Waals surface area (Å²) in [6.45, 7) is 7.86. The van der Waals surface area contributed by atoms with Crippen LogP contribution in [0.1, 0.15) is 26.3 Å². The maximum atomic E-state index is 10.4. The van der Waals surface area contributed by atoms with Gasteiger partial charge in [0.05, 0.1) is 0 Å². The van der Waals surface area contributed by atoms with Gasteiger partial charge in [0.25, 0.3) is 0 Å². The van der Waals surface area contributed by atoms with Crippen LogP contribution < -0.4 is 5.73 Å². The van der Waals surface area contributed by atoms with Gasteiger partial charge in [0, 0.05) is 19.8 Å². The van der Waals surface area contributed by atoms with Gasteiger partial charge in [0.2, 0.25) is 0 Å². The van der Waals surface area contributed by atoms with Crippen molar-refractivity contribution in [3.8, 4) is 0 Å². The summed E-state index contributed by atoms with van der Waals surface area (Å²) in [7, 11) is -1.73. The van der Waals surface area contributed by atoms with Crippen molar-refractivity contribution >= 4 is 15.5 Å². The van der Waals surface area contributed by atoms with Gasteiger partial charge < -0.3 is 24.1 Å². The predicted molar refractivity (Wildman–Crippen MR) is 87.8 cm³/mol. The van der Waals surface area contributed by atoms with Crippen LogP contribution >= 0.6 is 0 Å². The molecule has 0 unspecified atom stereocenters. The summed E-state index contributed by atoms with van der Waals surface area (Å²) in [5.74, 6) is -0.959. The number of rotatable bonds is 9. The average Bonchev–Trinajstić information content (AvgIpc) is 2.49. The van der Waals surface area contributed by atoms with Gasteiger partial charge in [-0.1, -0.05) is 30.3 Å². The van der Waals surface area contributed by atoms with E-state index in [9.17, 15) is 4.79 Å². The number of carbonyl (C=O) groups is 1. The number of hydrogen-bond acceptors (Lipinski definition) is 5. The number of hydrogen-bond donors (Lipinski definition) is 2. The number of benzene rings is 1. The first kappa shape index (κ1) is 20.7. The van der Waals surface area contributed by atoms with Gasteiger partial charge in [-0.2, -0.15) is 0 Å². The fraction of sp³-hybridized carbons (Fsp3) is 0.533. The molecule has 7 heteroatoms. The molecule has 0 aliphatic carbocycles. The highest BCUT2D eigenvalue weighted by Gasteiger charge is 2.11. The summed E-state index contributed by atoms with van der Waals surface area (Å²) in [6.07, 6.45) is 0.385. The Kier molecular flexibility index (Phi) is 12.6. The fourth-order valence-electron chi connectivity index (χ4n) is 1.51. The highest BCUT2D eigenvalue weighted by Crippen LogP contribution is 2.01. The molecular weight excluding hydrogens is 302 g/mol. The van der Waals surface area contributed by atoms with Crippen LogP contribution in [0.5, 0.6) is 0 Å². The van der Waals surface area contributed by atoms with E-state index < -0.39 is 21.5 Å². The summed E-state index contributed by atoms with van der Waals surface area (Å²) in [5.41, 5.74) is 6.30. The molecule has 126 valence electrons. The van der Waals surface area contributed by atoms with Crippen molar-refractivity contribution in [1.29, 1.82) is 0 Å². The van der Waals surface area contributed by atoms with Gasteiger partial charge in [-0.05, 0) is 32.8 Å². The molecule has 0 aliphatic heterocycles. The standard InChI is InChI=1S/C9H11NO2.C6H16O3Si/c10-8(9(11)12)6-7-4-2-1-3-5-7;1-4-7-10(8-5-2)9-6-3/h1-5,8H,6,10H2,(H,11,12);10H,4-6H2,1-3H3/t8-;/m0./s1. The zero-order valence-electron chi connectivity index (χ0n) is 13.5. The minimum Gasteiger partial charge on any atom is -0.480 e. The minimum atomic E-state index is -1.73. The third-order valence-electron chi connectivity index (χ3n) is 2.52. The van der Waals surface area contributed by atoms with Crippen LogP contribution in [0.4, 0.5) is 0 Å². The molecule has 0 saturated heterocycles. The van der Waals surface area contributed by atoms with E-state index in [-0.39, 0.29) is 0 Å². The van der Waals surface area contributed by atoms with Crippen LogP contribution in [-0.2, 0) is 24.5 Å². The normalized spacial score (nSPS) is 11.7. The van der Waals surface area contributed by atoms with Crippen LogP contribution in [0.2, 0.25) is 0 Å². The lowest BCUT2D eigenvalue weighted by atomic mass is 10.1. The van der Waals surface area contributed by atoms with E-state index in [1.807, 2.05) is 51.1 Å². The van der Waals surface area contributed by atoms with Crippen molar-refractivity contribution in [3.05, 3.63) is 35.9 Å². The van der Waals surface area contributed by atoms with E-state index in [0.29, 0.717) is 26.2 Å². The first-order valence-corrected chi connectivity index (χ1v) is 8.83. The molecule has 6 nitrogen and oxygen atoms in total. The van der Waals surface area contributed by atoms with Gasteiger partial charge in [-0.15, -0.1) is 0 Å². The molecule has 0 radical (unpaired) electrons. The Balaban J connectivity index is 0.000000409. The van der Waals surface area contributed by atoms with Crippen molar-refractivity contribution in [2.24, 2.45) is 5.73 Å². The van der Waals surface area contributed by atoms with Crippen molar-refractivity contribution in [2.45, 2.75) is 33.2 Å². The van der Waals surface area contributed by atoms with Gasteiger partial charge in [0.1, 0.15) is 6.04 Å². The highest BCUT2D eigenvalue weighted by molar-refractivity contribution is 6.36. The predicted octanol–water partition coefficient (Wildman–Crippen LogP) is 1.45. The molecule has 0 aliphatic rings. The number of nitrogens with two attached hydrogens (primary N) is 1. The minimum absolute atomic E-state index is 0.385. The first-order valence-electron chi connectivity index (χ1n) is 7.42. The summed E-state index contributed by atoms with van der Waals surface area (Å²) < 4.78 is 15.7. The topological polar surface area (TPSA) is 91.0 Å². The van der Waals surface area contributed by atoms with Gasteiger partial charge in [-0.3, -0.25) is 4.79 Å². The fourth-order valence-corrected chi connectivity index (χ4v) is 2.61. The van der Waals surface area contributed by atoms with E-state index in [2.05, 4.69) is 0 Å². The zero-order chi connectivity index (χ0) is 16.8. The van der Waals surface area contributed by atoms with Crippen molar-refractivity contribution in [1.82, 2.24) is 0 Å². The Hall–Kier alpha value is -1.25. The largest absolute Gasteiger partial charge is 0.484 e. The van der Waals surface area contributed by atoms with Crippen LogP contribution in [0.15, 0.2) is 30.3 Å². The van der Waals surface area contributed by atoms with Crippen molar-refractivity contribution in [3.63, 3.8) is 0 Å². The van der Waals surface area contributed by atoms with E-state index in [1.165, 1.54) is 0 Å². The van der Waals surface area contributed by atoms with E-state index in [1.54, 1.807) is 0 Å². The molecule has 0 amide bonds. The molecule has 1 atom stereocenters. The average molecular weight is 329 g/mol. The number of carboxylic acid groups (broad SMARTS) is 1. The van der Waals surface area contributed by atoms with Crippen molar-refractivity contribution < 1.29 is 23.2 Å². The van der Waals surface area contributed by atoms with Crippen LogP contribution in [0.25, 0.3) is 0 Å². The Bertz CT molecular complexity index is 377. The summed E-state index contributed by atoms with van der Waals surface area (Å²) in [5, 5.41) is 8.52. The van der Waals surface area contributed by atoms with Crippen molar-refractivity contribution in [2.75, 3.05) is 19.8 Å². The lowest BCUT2D eigenvalue weighted by Gasteiger charge is -2.12. The van der Waals surface area contributed by atoms with Crippen LogP contribution in [-0.4, -0.2) is 46.5 Å². The Morgan fingerprint density at radius 3 is 1.91 bits per heavy atom. The molecule has 0 spiro atoms. The molecule has 1 rings (SSSR count). The molecule has 0 aromatic heterocycles. The SMILES string of the molecule is CCO[SiH](OCC)OCC.N[C@@H](Cc1ccccc1)C(=O)O. The third kappa shape index (κ3) is 10.5. The molecule has 0 fully saturated rings. The Labute approximate surface area is 134 Å². The summed E-state index contributed by atoms with van der Waals surface area (Å²) in [6, 6.07) is 8.54. The maximum absolute atomic E-state index is 10.4. The van der Waals surface area contributed by atoms with Gasteiger partial charge in [0.15, 0.2) is 0 Å². The highest BCUT2D eigenvalue weighted by atomic mass is 28.3. The summed E-state index contributed by atoms with van der Waals surface area (Å²) in [4.78, 5) is 10.4. The Morgan fingerprint density at radius 2 is 1.55 bits per heavy atom. The lowest BCUT2D eigenvalue weighted by molar-refractivity contribution is -0.138. The maximum Gasteiger partial charge on any atom is 0.484 e. The molecular formula is C15H27NO5Si. The smallest absolute Gasteiger partial charge is 0.480 e. The van der Waals surface area contributed by atoms with E-state index >= 15 is 0 Å². The third-order valence-corrected chi connectivity index (χ3v) is 4.34. The van der Waals surface area contributed by atoms with Crippen LogP contribution in [0.3, 0.4) is 0 Å². The molecule has 0 heterocycles. The number of carboxylic acids is 1. The lowest BCUT2D eigenvalue weighted by Crippen LogP contribution is -2.32. The molecule has 22 heavy (non-hydrogen) atoms. The second-order valence-electron chi connectivity index (χ2n) is 4.29. The summed E-state index contributed by atoms with van der Waals surface area (Å²) >= 11 is 0. The first-order chi connectivity index (χ1) is 10.5. The zero-order valence-corrected chi connectivity index (χ0v) is 14.7. The van der Waals surface area contributed by atoms with E-state index in [4.69, 9.17) is 24.1 Å². The molecule has 1 aromatic carbocycles. The van der Waals surface area contributed by atoms with Gasteiger partial charge in [-0.25, -0.2) is 0 Å². The Morgan fingerprint density at radius 1 is 1.09 bits per heavy atom. The molecule has 3 N–H and O–H groups in total. The second-order valence-corrected chi connectivity index (χ2v) is 5.87. The molecule has 0 bridgehead atoms. The molecule has 1 aromatic rings. The van der Waals surface area contributed by atoms with Crippen LogP contribution in [0, 0.1) is 0 Å². The van der Waals surface area contributed by atoms with Gasteiger partial charge >= 0.3 is 15.5 Å². The quantitative estimate of drug-likeness (QED) is 0.667. The van der Waals surface area contributed by atoms with E-state index in [0.717, 1.165) is 5.56 Å².